The highest BCUT2D eigenvalue weighted by atomic mass is 79.9. The molecule has 0 atom stereocenters. The smallest absolute Gasteiger partial charge is 0.250 e. The van der Waals surface area contributed by atoms with Crippen LogP contribution < -0.4 is 5.43 Å². The Labute approximate surface area is 163 Å². The number of benzene rings is 2. The van der Waals surface area contributed by atoms with Crippen molar-refractivity contribution in [3.63, 3.8) is 0 Å². The van der Waals surface area contributed by atoms with Crippen molar-refractivity contribution in [3.05, 3.63) is 64.6 Å². The summed E-state index contributed by atoms with van der Waals surface area (Å²) in [5.74, 6) is 0.752. The molecule has 0 radical (unpaired) electrons. The molecule has 1 N–H and O–H groups in total. The van der Waals surface area contributed by atoms with E-state index >= 15 is 0 Å². The van der Waals surface area contributed by atoms with Gasteiger partial charge in [0.15, 0.2) is 11.0 Å². The minimum atomic E-state index is -0.200. The van der Waals surface area contributed by atoms with Gasteiger partial charge in [0, 0.05) is 17.1 Å². The van der Waals surface area contributed by atoms with Gasteiger partial charge in [0.25, 0.3) is 5.91 Å². The lowest BCUT2D eigenvalue weighted by molar-refractivity contribution is -0.118. The van der Waals surface area contributed by atoms with Crippen LogP contribution in [0.25, 0.3) is 11.4 Å². The lowest BCUT2D eigenvalue weighted by Crippen LogP contribution is -2.19. The van der Waals surface area contributed by atoms with E-state index < -0.39 is 0 Å². The largest absolute Gasteiger partial charge is 0.305 e. The van der Waals surface area contributed by atoms with Crippen LogP contribution in [0.5, 0.6) is 0 Å². The molecule has 0 unspecified atom stereocenters. The van der Waals surface area contributed by atoms with Crippen molar-refractivity contribution < 1.29 is 4.79 Å². The number of carbonyl (C=O) groups excluding carboxylic acids is 1. The van der Waals surface area contributed by atoms with Gasteiger partial charge in [-0.25, -0.2) is 5.43 Å². The highest BCUT2D eigenvalue weighted by molar-refractivity contribution is 9.10. The first-order valence-corrected chi connectivity index (χ1v) is 9.56. The van der Waals surface area contributed by atoms with Gasteiger partial charge in [-0.2, -0.15) is 5.10 Å². The average molecular weight is 430 g/mol. The molecule has 0 saturated carbocycles. The molecule has 0 aliphatic rings. The van der Waals surface area contributed by atoms with Crippen LogP contribution in [0.2, 0.25) is 0 Å². The minimum absolute atomic E-state index is 0.200. The molecule has 0 spiro atoms. The molecular formula is C18H16BrN5OS. The Morgan fingerprint density at radius 3 is 2.81 bits per heavy atom. The zero-order chi connectivity index (χ0) is 18.4. The van der Waals surface area contributed by atoms with Gasteiger partial charge in [-0.15, -0.1) is 10.2 Å². The second kappa shape index (κ2) is 8.77. The van der Waals surface area contributed by atoms with Crippen molar-refractivity contribution in [1.29, 1.82) is 0 Å². The molecule has 1 aromatic heterocycles. The third kappa shape index (κ3) is 4.80. The lowest BCUT2D eigenvalue weighted by Gasteiger charge is -2.04. The van der Waals surface area contributed by atoms with Crippen molar-refractivity contribution in [3.8, 4) is 11.4 Å². The van der Waals surface area contributed by atoms with Crippen LogP contribution in [-0.2, 0) is 11.8 Å². The van der Waals surface area contributed by atoms with Crippen LogP contribution in [0, 0.1) is 0 Å². The van der Waals surface area contributed by atoms with Crippen molar-refractivity contribution in [1.82, 2.24) is 20.2 Å². The van der Waals surface area contributed by atoms with E-state index in [4.69, 9.17) is 0 Å². The van der Waals surface area contributed by atoms with E-state index in [0.29, 0.717) is 5.16 Å². The first kappa shape index (κ1) is 18.3. The summed E-state index contributed by atoms with van der Waals surface area (Å²) in [4.78, 5) is 11.9. The van der Waals surface area contributed by atoms with Gasteiger partial charge in [-0.3, -0.25) is 4.79 Å². The van der Waals surface area contributed by atoms with E-state index in [1.807, 2.05) is 66.2 Å². The SMILES string of the molecule is Cn1c(SCC(=O)N/N=C/c2ccccc2)nnc1-c1cccc(Br)c1. The molecule has 6 nitrogen and oxygen atoms in total. The first-order chi connectivity index (χ1) is 12.6. The summed E-state index contributed by atoms with van der Waals surface area (Å²) >= 11 is 4.77. The first-order valence-electron chi connectivity index (χ1n) is 7.78. The maximum absolute atomic E-state index is 11.9. The third-order valence-corrected chi connectivity index (χ3v) is 4.97. The number of halogens is 1. The third-order valence-electron chi connectivity index (χ3n) is 3.45. The fourth-order valence-corrected chi connectivity index (χ4v) is 3.30. The summed E-state index contributed by atoms with van der Waals surface area (Å²) in [6.07, 6.45) is 1.61. The van der Waals surface area contributed by atoms with E-state index in [1.165, 1.54) is 11.8 Å². The summed E-state index contributed by atoms with van der Waals surface area (Å²) in [5, 5.41) is 13.0. The number of hydrazone groups is 1. The molecule has 8 heteroatoms. The van der Waals surface area contributed by atoms with Crippen molar-refractivity contribution in [2.24, 2.45) is 12.1 Å². The summed E-state index contributed by atoms with van der Waals surface area (Å²) in [6.45, 7) is 0. The zero-order valence-corrected chi connectivity index (χ0v) is 16.4. The summed E-state index contributed by atoms with van der Waals surface area (Å²) in [6, 6.07) is 17.4. The van der Waals surface area contributed by atoms with Crippen LogP contribution in [0.3, 0.4) is 0 Å². The van der Waals surface area contributed by atoms with Crippen LogP contribution >= 0.6 is 27.7 Å². The van der Waals surface area contributed by atoms with Crippen LogP contribution in [0.15, 0.2) is 69.3 Å². The van der Waals surface area contributed by atoms with Gasteiger partial charge < -0.3 is 4.57 Å². The topological polar surface area (TPSA) is 72.2 Å². The number of nitrogens with one attached hydrogen (secondary N) is 1. The second-order valence-electron chi connectivity index (χ2n) is 5.37. The molecule has 0 saturated heterocycles. The highest BCUT2D eigenvalue weighted by Gasteiger charge is 2.12. The summed E-state index contributed by atoms with van der Waals surface area (Å²) < 4.78 is 2.84. The minimum Gasteiger partial charge on any atom is -0.305 e. The Balaban J connectivity index is 1.56. The number of thioether (sulfide) groups is 1. The number of aromatic nitrogens is 3. The summed E-state index contributed by atoms with van der Waals surface area (Å²) in [7, 11) is 1.88. The van der Waals surface area contributed by atoms with Gasteiger partial charge in [0.05, 0.1) is 12.0 Å². The van der Waals surface area contributed by atoms with E-state index in [1.54, 1.807) is 6.21 Å². The van der Waals surface area contributed by atoms with E-state index in [2.05, 4.69) is 36.7 Å². The van der Waals surface area contributed by atoms with Gasteiger partial charge in [0.2, 0.25) is 0 Å². The lowest BCUT2D eigenvalue weighted by atomic mass is 10.2. The Kier molecular flexibility index (Phi) is 6.19. The normalized spacial score (nSPS) is 11.0. The van der Waals surface area contributed by atoms with Crippen LogP contribution in [-0.4, -0.2) is 32.6 Å². The molecule has 1 amide bonds. The monoisotopic (exact) mass is 429 g/mol. The average Bonchev–Trinajstić information content (AvgIpc) is 3.01. The quantitative estimate of drug-likeness (QED) is 0.369. The van der Waals surface area contributed by atoms with Crippen LogP contribution in [0.1, 0.15) is 5.56 Å². The molecule has 3 rings (SSSR count). The number of nitrogens with zero attached hydrogens (tertiary/aromatic N) is 4. The fraction of sp³-hybridized carbons (Fsp3) is 0.111. The number of amides is 1. The number of hydrogen-bond donors (Lipinski definition) is 1. The molecular weight excluding hydrogens is 414 g/mol. The molecule has 1 heterocycles. The van der Waals surface area contributed by atoms with Gasteiger partial charge in [-0.1, -0.05) is 70.2 Å². The standard InChI is InChI=1S/C18H16BrN5OS/c1-24-17(14-8-5-9-15(19)10-14)22-23-18(24)26-12-16(25)21-20-11-13-6-3-2-4-7-13/h2-11H,12H2,1H3,(H,21,25)/b20-11+. The maximum Gasteiger partial charge on any atom is 0.250 e. The predicted molar refractivity (Wildman–Crippen MR) is 107 cm³/mol. The number of carbonyl (C=O) groups is 1. The molecule has 0 fully saturated rings. The van der Waals surface area contributed by atoms with Crippen molar-refractivity contribution in [2.45, 2.75) is 5.16 Å². The molecule has 0 bridgehead atoms. The predicted octanol–water partition coefficient (Wildman–Crippen LogP) is 3.49. The van der Waals surface area contributed by atoms with E-state index in [-0.39, 0.29) is 11.7 Å². The Hall–Kier alpha value is -2.45. The zero-order valence-electron chi connectivity index (χ0n) is 14.0. The Morgan fingerprint density at radius 2 is 2.04 bits per heavy atom. The number of hydrogen-bond acceptors (Lipinski definition) is 5. The van der Waals surface area contributed by atoms with Crippen molar-refractivity contribution in [2.75, 3.05) is 5.75 Å². The number of rotatable bonds is 6. The van der Waals surface area contributed by atoms with Crippen molar-refractivity contribution >= 4 is 39.8 Å². The fourth-order valence-electron chi connectivity index (χ4n) is 2.20. The Bertz CT molecular complexity index is 926. The molecule has 132 valence electrons. The van der Waals surface area contributed by atoms with E-state index in [0.717, 1.165) is 21.4 Å². The van der Waals surface area contributed by atoms with Gasteiger partial charge >= 0.3 is 0 Å². The highest BCUT2D eigenvalue weighted by Crippen LogP contribution is 2.24. The van der Waals surface area contributed by atoms with Gasteiger partial charge in [-0.05, 0) is 17.7 Å². The molecule has 0 aliphatic heterocycles. The molecule has 26 heavy (non-hydrogen) atoms. The maximum atomic E-state index is 11.9. The Morgan fingerprint density at radius 1 is 1.23 bits per heavy atom. The summed E-state index contributed by atoms with van der Waals surface area (Å²) in [5.41, 5.74) is 4.39. The van der Waals surface area contributed by atoms with Gasteiger partial charge in [0.1, 0.15) is 0 Å². The molecule has 2 aromatic carbocycles. The van der Waals surface area contributed by atoms with E-state index in [9.17, 15) is 4.79 Å². The second-order valence-corrected chi connectivity index (χ2v) is 7.23. The van der Waals surface area contributed by atoms with Crippen LogP contribution in [0.4, 0.5) is 0 Å². The molecule has 3 aromatic rings. The molecule has 0 aliphatic carbocycles.